The fourth-order valence-corrected chi connectivity index (χ4v) is 3.40. The first kappa shape index (κ1) is 21.0. The molecule has 0 radical (unpaired) electrons. The second-order valence-corrected chi connectivity index (χ2v) is 7.37. The number of aryl methyl sites for hydroxylation is 2. The van der Waals surface area contributed by atoms with Crippen LogP contribution in [0.4, 0.5) is 24.7 Å². The summed E-state index contributed by atoms with van der Waals surface area (Å²) in [6.45, 7) is 0.654. The standard InChI is InChI=1S/C21H18F3N5OS/c1-31-20-27-18(26-15-7-9-16(10-8-15)30-21(22,23)24)17-13-25-29(19(17)28-20)12-11-14-5-3-2-4-6-14/h2-10,13H,11-12H2,1H3,(H,26,27,28). The number of nitrogens with one attached hydrogen (secondary N) is 1. The van der Waals surface area contributed by atoms with E-state index < -0.39 is 6.36 Å². The molecule has 2 heterocycles. The quantitative estimate of drug-likeness (QED) is 0.302. The number of fused-ring (bicyclic) bond motifs is 1. The molecule has 4 aromatic rings. The molecule has 0 spiro atoms. The predicted molar refractivity (Wildman–Crippen MR) is 114 cm³/mol. The zero-order valence-corrected chi connectivity index (χ0v) is 17.2. The molecule has 0 bridgehead atoms. The summed E-state index contributed by atoms with van der Waals surface area (Å²) < 4.78 is 42.8. The zero-order valence-electron chi connectivity index (χ0n) is 16.4. The van der Waals surface area contributed by atoms with Crippen molar-refractivity contribution in [3.8, 4) is 5.75 Å². The van der Waals surface area contributed by atoms with Gasteiger partial charge < -0.3 is 10.1 Å². The molecule has 0 unspecified atom stereocenters. The summed E-state index contributed by atoms with van der Waals surface area (Å²) in [6.07, 6.45) is -0.359. The third-order valence-electron chi connectivity index (χ3n) is 4.46. The van der Waals surface area contributed by atoms with Gasteiger partial charge in [-0.15, -0.1) is 13.2 Å². The molecular formula is C21H18F3N5OS. The number of halogens is 3. The molecule has 0 saturated carbocycles. The minimum absolute atomic E-state index is 0.288. The number of alkyl halides is 3. The monoisotopic (exact) mass is 445 g/mol. The smallest absolute Gasteiger partial charge is 0.406 e. The first-order valence-corrected chi connectivity index (χ1v) is 10.6. The lowest BCUT2D eigenvalue weighted by molar-refractivity contribution is -0.274. The van der Waals surface area contributed by atoms with E-state index in [1.807, 2.05) is 29.1 Å². The molecule has 10 heteroatoms. The Bertz CT molecular complexity index is 1160. The molecule has 31 heavy (non-hydrogen) atoms. The van der Waals surface area contributed by atoms with Crippen LogP contribution in [0.15, 0.2) is 66.0 Å². The normalized spacial score (nSPS) is 11.6. The molecule has 0 aliphatic rings. The lowest BCUT2D eigenvalue weighted by Gasteiger charge is -2.11. The fraction of sp³-hybridized carbons (Fsp3) is 0.190. The minimum atomic E-state index is -4.73. The van der Waals surface area contributed by atoms with Crippen LogP contribution in [0.3, 0.4) is 0 Å². The predicted octanol–water partition coefficient (Wildman–Crippen LogP) is 5.43. The highest BCUT2D eigenvalue weighted by molar-refractivity contribution is 7.98. The molecule has 2 aromatic carbocycles. The maximum atomic E-state index is 12.4. The van der Waals surface area contributed by atoms with E-state index in [2.05, 4.69) is 37.3 Å². The molecular weight excluding hydrogens is 427 g/mol. The number of hydrogen-bond donors (Lipinski definition) is 1. The first-order valence-electron chi connectivity index (χ1n) is 9.35. The Balaban J connectivity index is 1.58. The van der Waals surface area contributed by atoms with Gasteiger partial charge >= 0.3 is 6.36 Å². The number of aromatic nitrogens is 4. The molecule has 0 saturated heterocycles. The number of anilines is 2. The van der Waals surface area contributed by atoms with E-state index in [9.17, 15) is 13.2 Å². The molecule has 0 amide bonds. The molecule has 6 nitrogen and oxygen atoms in total. The average molecular weight is 445 g/mol. The van der Waals surface area contributed by atoms with E-state index in [1.54, 1.807) is 6.20 Å². The number of benzene rings is 2. The molecule has 2 aromatic heterocycles. The van der Waals surface area contributed by atoms with Crippen molar-refractivity contribution in [3.05, 3.63) is 66.4 Å². The van der Waals surface area contributed by atoms with Crippen LogP contribution in [0.1, 0.15) is 5.56 Å². The van der Waals surface area contributed by atoms with E-state index in [0.717, 1.165) is 11.8 Å². The fourth-order valence-electron chi connectivity index (χ4n) is 3.04. The van der Waals surface area contributed by atoms with Crippen molar-refractivity contribution >= 4 is 34.3 Å². The van der Waals surface area contributed by atoms with Crippen molar-refractivity contribution in [2.45, 2.75) is 24.5 Å². The number of rotatable bonds is 7. The van der Waals surface area contributed by atoms with Crippen LogP contribution in [0, 0.1) is 0 Å². The van der Waals surface area contributed by atoms with Crippen molar-refractivity contribution in [1.29, 1.82) is 0 Å². The van der Waals surface area contributed by atoms with Crippen LogP contribution < -0.4 is 10.1 Å². The summed E-state index contributed by atoms with van der Waals surface area (Å²) >= 11 is 1.40. The number of hydrogen-bond acceptors (Lipinski definition) is 6. The lowest BCUT2D eigenvalue weighted by Crippen LogP contribution is -2.16. The highest BCUT2D eigenvalue weighted by Gasteiger charge is 2.31. The maximum Gasteiger partial charge on any atom is 0.573 e. The summed E-state index contributed by atoms with van der Waals surface area (Å²) in [5.74, 6) is 0.245. The van der Waals surface area contributed by atoms with Gasteiger partial charge in [0, 0.05) is 12.2 Å². The zero-order chi connectivity index (χ0) is 21.8. The second kappa shape index (κ2) is 8.84. The molecule has 160 valence electrons. The minimum Gasteiger partial charge on any atom is -0.406 e. The Morgan fingerprint density at radius 1 is 1.03 bits per heavy atom. The van der Waals surface area contributed by atoms with Gasteiger partial charge in [-0.1, -0.05) is 42.1 Å². The van der Waals surface area contributed by atoms with Crippen molar-refractivity contribution in [2.24, 2.45) is 0 Å². The second-order valence-electron chi connectivity index (χ2n) is 6.60. The Kier molecular flexibility index (Phi) is 5.99. The summed E-state index contributed by atoms with van der Waals surface area (Å²) in [4.78, 5) is 9.09. The van der Waals surface area contributed by atoms with Crippen molar-refractivity contribution in [1.82, 2.24) is 19.7 Å². The van der Waals surface area contributed by atoms with Gasteiger partial charge in [0.05, 0.1) is 11.6 Å². The topological polar surface area (TPSA) is 64.9 Å². The van der Waals surface area contributed by atoms with Gasteiger partial charge in [-0.3, -0.25) is 0 Å². The van der Waals surface area contributed by atoms with Crippen LogP contribution in [-0.2, 0) is 13.0 Å². The summed E-state index contributed by atoms with van der Waals surface area (Å²) in [5.41, 5.74) is 2.46. The number of ether oxygens (including phenoxy) is 1. The SMILES string of the molecule is CSc1nc(Nc2ccc(OC(F)(F)F)cc2)c2cnn(CCc3ccccc3)c2n1. The lowest BCUT2D eigenvalue weighted by atomic mass is 10.1. The van der Waals surface area contributed by atoms with Gasteiger partial charge in [0.2, 0.25) is 0 Å². The number of thioether (sulfide) groups is 1. The Morgan fingerprint density at radius 2 is 1.77 bits per heavy atom. The van der Waals surface area contributed by atoms with Gasteiger partial charge in [-0.25, -0.2) is 14.6 Å². The highest BCUT2D eigenvalue weighted by Crippen LogP contribution is 2.28. The Morgan fingerprint density at radius 3 is 2.45 bits per heavy atom. The van der Waals surface area contributed by atoms with Gasteiger partial charge in [0.25, 0.3) is 0 Å². The van der Waals surface area contributed by atoms with Crippen LogP contribution in [0.2, 0.25) is 0 Å². The molecule has 0 aliphatic heterocycles. The molecule has 0 fully saturated rings. The van der Waals surface area contributed by atoms with Crippen molar-refractivity contribution in [2.75, 3.05) is 11.6 Å². The van der Waals surface area contributed by atoms with Gasteiger partial charge in [-0.2, -0.15) is 5.10 Å². The highest BCUT2D eigenvalue weighted by atomic mass is 32.2. The van der Waals surface area contributed by atoms with Gasteiger partial charge in [0.15, 0.2) is 10.8 Å². The first-order chi connectivity index (χ1) is 14.9. The Hall–Kier alpha value is -3.27. The van der Waals surface area contributed by atoms with Crippen LogP contribution in [-0.4, -0.2) is 32.4 Å². The molecule has 0 aliphatic carbocycles. The van der Waals surface area contributed by atoms with Crippen LogP contribution in [0.25, 0.3) is 11.0 Å². The van der Waals surface area contributed by atoms with Gasteiger partial charge in [-0.05, 0) is 42.5 Å². The third-order valence-corrected chi connectivity index (χ3v) is 5.01. The van der Waals surface area contributed by atoms with E-state index in [1.165, 1.54) is 41.6 Å². The Labute approximate surface area is 180 Å². The average Bonchev–Trinajstić information content (AvgIpc) is 3.16. The van der Waals surface area contributed by atoms with Crippen molar-refractivity contribution < 1.29 is 17.9 Å². The number of nitrogens with zero attached hydrogens (tertiary/aromatic N) is 4. The van der Waals surface area contributed by atoms with Crippen molar-refractivity contribution in [3.63, 3.8) is 0 Å². The maximum absolute atomic E-state index is 12.4. The summed E-state index contributed by atoms with van der Waals surface area (Å²) in [5, 5.41) is 8.89. The van der Waals surface area contributed by atoms with Crippen LogP contribution in [0.5, 0.6) is 5.75 Å². The third kappa shape index (κ3) is 5.26. The largest absolute Gasteiger partial charge is 0.573 e. The van der Waals surface area contributed by atoms with Gasteiger partial charge in [0.1, 0.15) is 11.6 Å². The molecule has 1 N–H and O–H groups in total. The molecule has 4 rings (SSSR count). The van der Waals surface area contributed by atoms with E-state index in [4.69, 9.17) is 0 Å². The van der Waals surface area contributed by atoms with E-state index >= 15 is 0 Å². The van der Waals surface area contributed by atoms with Crippen LogP contribution >= 0.6 is 11.8 Å². The van der Waals surface area contributed by atoms with E-state index in [-0.39, 0.29) is 5.75 Å². The van der Waals surface area contributed by atoms with E-state index in [0.29, 0.717) is 28.9 Å². The summed E-state index contributed by atoms with van der Waals surface area (Å²) in [6, 6.07) is 15.6. The summed E-state index contributed by atoms with van der Waals surface area (Å²) in [7, 11) is 0. The molecule has 0 atom stereocenters.